The van der Waals surface area contributed by atoms with Crippen molar-refractivity contribution < 1.29 is 14.6 Å². The molecule has 0 saturated carbocycles. The molecular weight excluding hydrogens is 180 g/mol. The van der Waals surface area contributed by atoms with Crippen LogP contribution in [-0.4, -0.2) is 36.1 Å². The van der Waals surface area contributed by atoms with Crippen LogP contribution in [0.5, 0.6) is 0 Å². The van der Waals surface area contributed by atoms with Gasteiger partial charge in [0.1, 0.15) is 0 Å². The van der Waals surface area contributed by atoms with Crippen LogP contribution in [0, 0.1) is 0 Å². The zero-order valence-corrected chi connectivity index (χ0v) is 10.0. The zero-order valence-electron chi connectivity index (χ0n) is 10.0. The Balaban J connectivity index is 3.69. The van der Waals surface area contributed by atoms with Crippen molar-refractivity contribution in [3.8, 4) is 0 Å². The molecule has 1 N–H and O–H groups in total. The highest BCUT2D eigenvalue weighted by molar-refractivity contribution is 4.62. The number of ether oxygens (including phenoxy) is 2. The summed E-state index contributed by atoms with van der Waals surface area (Å²) in [6.45, 7) is 10.7. The first-order valence-corrected chi connectivity index (χ1v) is 5.29. The third kappa shape index (κ3) is 7.30. The highest BCUT2D eigenvalue weighted by Crippen LogP contribution is 2.09. The van der Waals surface area contributed by atoms with E-state index in [9.17, 15) is 0 Å². The minimum Gasteiger partial charge on any atom is -0.394 e. The van der Waals surface area contributed by atoms with Gasteiger partial charge in [-0.05, 0) is 34.1 Å². The monoisotopic (exact) mass is 204 g/mol. The van der Waals surface area contributed by atoms with Crippen LogP contribution in [0.2, 0.25) is 0 Å². The highest BCUT2D eigenvalue weighted by atomic mass is 16.6. The Morgan fingerprint density at radius 2 is 1.86 bits per heavy atom. The van der Waals surface area contributed by atoms with E-state index in [4.69, 9.17) is 14.6 Å². The molecule has 3 heteroatoms. The lowest BCUT2D eigenvalue weighted by Crippen LogP contribution is -2.30. The second-order valence-corrected chi connectivity index (χ2v) is 4.58. The van der Waals surface area contributed by atoms with E-state index in [0.717, 1.165) is 6.42 Å². The summed E-state index contributed by atoms with van der Waals surface area (Å²) in [5.74, 6) is 0. The standard InChI is InChI=1S/C11H24O3/c1-6-10(7-12)14-9(2)8-13-11(3,4)5/h9-10,12H,6-8H2,1-5H3. The van der Waals surface area contributed by atoms with E-state index in [1.54, 1.807) is 0 Å². The van der Waals surface area contributed by atoms with E-state index in [0.29, 0.717) is 6.61 Å². The first-order valence-electron chi connectivity index (χ1n) is 5.29. The maximum absolute atomic E-state index is 8.94. The molecule has 0 aromatic carbocycles. The van der Waals surface area contributed by atoms with Crippen LogP contribution in [-0.2, 0) is 9.47 Å². The Bertz CT molecular complexity index is 136. The molecule has 0 heterocycles. The van der Waals surface area contributed by atoms with Gasteiger partial charge in [-0.2, -0.15) is 0 Å². The van der Waals surface area contributed by atoms with Crippen molar-refractivity contribution in [3.63, 3.8) is 0 Å². The average Bonchev–Trinajstić information content (AvgIpc) is 2.09. The third-order valence-corrected chi connectivity index (χ3v) is 1.83. The zero-order chi connectivity index (χ0) is 11.2. The summed E-state index contributed by atoms with van der Waals surface area (Å²) in [6.07, 6.45) is 0.802. The van der Waals surface area contributed by atoms with E-state index in [-0.39, 0.29) is 24.4 Å². The van der Waals surface area contributed by atoms with Gasteiger partial charge in [0.05, 0.1) is 31.0 Å². The van der Waals surface area contributed by atoms with Crippen LogP contribution in [0.4, 0.5) is 0 Å². The normalized spacial score (nSPS) is 16.7. The van der Waals surface area contributed by atoms with Crippen molar-refractivity contribution in [2.24, 2.45) is 0 Å². The summed E-state index contributed by atoms with van der Waals surface area (Å²) in [5, 5.41) is 8.94. The Hall–Kier alpha value is -0.120. The lowest BCUT2D eigenvalue weighted by molar-refractivity contribution is -0.0985. The van der Waals surface area contributed by atoms with Gasteiger partial charge in [0, 0.05) is 0 Å². The second kappa shape index (κ2) is 6.38. The molecule has 0 aliphatic heterocycles. The minimum atomic E-state index is -0.126. The fourth-order valence-electron chi connectivity index (χ4n) is 1.00. The van der Waals surface area contributed by atoms with Gasteiger partial charge in [-0.15, -0.1) is 0 Å². The predicted molar refractivity (Wildman–Crippen MR) is 57.4 cm³/mol. The Kier molecular flexibility index (Phi) is 6.33. The fraction of sp³-hybridized carbons (Fsp3) is 1.00. The molecule has 0 aromatic rings. The fourth-order valence-corrected chi connectivity index (χ4v) is 1.00. The average molecular weight is 204 g/mol. The molecule has 2 unspecified atom stereocenters. The Labute approximate surface area is 87.4 Å². The highest BCUT2D eigenvalue weighted by Gasteiger charge is 2.15. The summed E-state index contributed by atoms with van der Waals surface area (Å²) in [5.41, 5.74) is -0.126. The summed E-state index contributed by atoms with van der Waals surface area (Å²) < 4.78 is 11.1. The van der Waals surface area contributed by atoms with Gasteiger partial charge in [-0.3, -0.25) is 0 Å². The molecule has 0 aliphatic rings. The van der Waals surface area contributed by atoms with Crippen molar-refractivity contribution in [2.75, 3.05) is 13.2 Å². The SMILES string of the molecule is CCC(CO)OC(C)COC(C)(C)C. The maximum Gasteiger partial charge on any atom is 0.0807 e. The molecule has 0 radical (unpaired) electrons. The van der Waals surface area contributed by atoms with Gasteiger partial charge in [-0.25, -0.2) is 0 Å². The molecule has 3 nitrogen and oxygen atoms in total. The van der Waals surface area contributed by atoms with E-state index < -0.39 is 0 Å². The molecule has 0 fully saturated rings. The third-order valence-electron chi connectivity index (χ3n) is 1.83. The van der Waals surface area contributed by atoms with E-state index in [2.05, 4.69) is 0 Å². The second-order valence-electron chi connectivity index (χ2n) is 4.58. The molecule has 0 aliphatic carbocycles. The maximum atomic E-state index is 8.94. The molecule has 0 bridgehead atoms. The summed E-state index contributed by atoms with van der Waals surface area (Å²) in [4.78, 5) is 0. The number of aliphatic hydroxyl groups excluding tert-OH is 1. The van der Waals surface area contributed by atoms with Crippen molar-refractivity contribution in [1.82, 2.24) is 0 Å². The Morgan fingerprint density at radius 1 is 1.29 bits per heavy atom. The number of aliphatic hydroxyl groups is 1. The molecule has 2 atom stereocenters. The van der Waals surface area contributed by atoms with Crippen LogP contribution in [0.25, 0.3) is 0 Å². The Morgan fingerprint density at radius 3 is 2.21 bits per heavy atom. The van der Waals surface area contributed by atoms with Gasteiger partial charge in [0.15, 0.2) is 0 Å². The molecule has 0 spiro atoms. The molecule has 0 rings (SSSR count). The van der Waals surface area contributed by atoms with Crippen LogP contribution in [0.3, 0.4) is 0 Å². The van der Waals surface area contributed by atoms with Gasteiger partial charge in [0.25, 0.3) is 0 Å². The smallest absolute Gasteiger partial charge is 0.0807 e. The quantitative estimate of drug-likeness (QED) is 0.719. The largest absolute Gasteiger partial charge is 0.394 e. The molecule has 86 valence electrons. The first-order chi connectivity index (χ1) is 6.39. The summed E-state index contributed by atoms with van der Waals surface area (Å²) >= 11 is 0. The van der Waals surface area contributed by atoms with E-state index in [1.165, 1.54) is 0 Å². The molecular formula is C11H24O3. The van der Waals surface area contributed by atoms with Crippen molar-refractivity contribution in [3.05, 3.63) is 0 Å². The minimum absolute atomic E-state index is 0.0336. The van der Waals surface area contributed by atoms with Crippen molar-refractivity contribution >= 4 is 0 Å². The molecule has 0 aromatic heterocycles. The van der Waals surface area contributed by atoms with Crippen LogP contribution < -0.4 is 0 Å². The number of hydrogen-bond donors (Lipinski definition) is 1. The van der Waals surface area contributed by atoms with E-state index >= 15 is 0 Å². The van der Waals surface area contributed by atoms with Gasteiger partial charge in [-0.1, -0.05) is 6.92 Å². The number of rotatable bonds is 6. The first kappa shape index (κ1) is 13.9. The van der Waals surface area contributed by atoms with Crippen LogP contribution in [0.15, 0.2) is 0 Å². The van der Waals surface area contributed by atoms with Crippen molar-refractivity contribution in [2.45, 2.75) is 58.8 Å². The predicted octanol–water partition coefficient (Wildman–Crippen LogP) is 1.98. The topological polar surface area (TPSA) is 38.7 Å². The van der Waals surface area contributed by atoms with Crippen molar-refractivity contribution in [1.29, 1.82) is 0 Å². The molecule has 0 amide bonds. The van der Waals surface area contributed by atoms with Crippen LogP contribution >= 0.6 is 0 Å². The van der Waals surface area contributed by atoms with E-state index in [1.807, 2.05) is 34.6 Å². The lowest BCUT2D eigenvalue weighted by atomic mass is 10.2. The van der Waals surface area contributed by atoms with Crippen LogP contribution in [0.1, 0.15) is 41.0 Å². The van der Waals surface area contributed by atoms with Gasteiger partial charge >= 0.3 is 0 Å². The summed E-state index contributed by atoms with van der Waals surface area (Å²) in [7, 11) is 0. The van der Waals surface area contributed by atoms with Gasteiger partial charge in [0.2, 0.25) is 0 Å². The summed E-state index contributed by atoms with van der Waals surface area (Å²) in [6, 6.07) is 0. The molecule has 0 saturated heterocycles. The lowest BCUT2D eigenvalue weighted by Gasteiger charge is -2.25. The molecule has 14 heavy (non-hydrogen) atoms. The number of hydrogen-bond acceptors (Lipinski definition) is 3. The van der Waals surface area contributed by atoms with Gasteiger partial charge < -0.3 is 14.6 Å².